The first kappa shape index (κ1) is 14.6. The lowest BCUT2D eigenvalue weighted by Crippen LogP contribution is -2.13. The minimum absolute atomic E-state index is 0.0917. The third-order valence-corrected chi connectivity index (χ3v) is 4.40. The van der Waals surface area contributed by atoms with Crippen LogP contribution in [0.2, 0.25) is 0 Å². The van der Waals surface area contributed by atoms with Gasteiger partial charge in [0.2, 0.25) is 5.78 Å². The quantitative estimate of drug-likeness (QED) is 0.770. The second-order valence-corrected chi connectivity index (χ2v) is 6.24. The van der Waals surface area contributed by atoms with Gasteiger partial charge in [-0.25, -0.2) is 9.97 Å². The summed E-state index contributed by atoms with van der Waals surface area (Å²) < 4.78 is 0. The van der Waals surface area contributed by atoms with Gasteiger partial charge in [-0.2, -0.15) is 0 Å². The van der Waals surface area contributed by atoms with Crippen LogP contribution in [0.1, 0.15) is 32.7 Å². The van der Waals surface area contributed by atoms with Gasteiger partial charge in [0.15, 0.2) is 0 Å². The molecular weight excluding hydrogens is 298 g/mol. The predicted octanol–water partition coefficient (Wildman–Crippen LogP) is 4.20. The number of ketones is 1. The molecule has 24 heavy (non-hydrogen) atoms. The van der Waals surface area contributed by atoms with Crippen LogP contribution >= 0.6 is 0 Å². The monoisotopic (exact) mass is 315 g/mol. The highest BCUT2D eigenvalue weighted by Gasteiger charge is 2.22. The molecule has 1 aromatic heterocycles. The van der Waals surface area contributed by atoms with Crippen molar-refractivity contribution in [3.63, 3.8) is 0 Å². The second-order valence-electron chi connectivity index (χ2n) is 6.24. The standard InChI is InChI=1S/C20H17N3O/c1-11-7-12(2)19(13(3)8-11)23-16-9-17(24)20-18-14(16)5-4-6-15(18)21-10-22-20/h4-10,23H,1-3H3. The van der Waals surface area contributed by atoms with Crippen molar-refractivity contribution in [1.82, 2.24) is 9.97 Å². The molecule has 0 spiro atoms. The van der Waals surface area contributed by atoms with Crippen molar-refractivity contribution in [3.05, 3.63) is 70.7 Å². The lowest BCUT2D eigenvalue weighted by Gasteiger charge is -2.20. The normalized spacial score (nSPS) is 13.1. The second kappa shape index (κ2) is 5.27. The molecule has 0 radical (unpaired) electrons. The Kier molecular flexibility index (Phi) is 3.20. The minimum Gasteiger partial charge on any atom is -0.354 e. The number of benzene rings is 2. The smallest absolute Gasteiger partial charge is 0.207 e. The maximum atomic E-state index is 12.5. The van der Waals surface area contributed by atoms with E-state index in [0.29, 0.717) is 5.69 Å². The van der Waals surface area contributed by atoms with Gasteiger partial charge in [0.25, 0.3) is 0 Å². The van der Waals surface area contributed by atoms with Crippen LogP contribution in [0, 0.1) is 20.8 Å². The van der Waals surface area contributed by atoms with Crippen LogP contribution in [0.3, 0.4) is 0 Å². The first-order valence-electron chi connectivity index (χ1n) is 7.89. The van der Waals surface area contributed by atoms with Gasteiger partial charge in [0, 0.05) is 22.7 Å². The molecule has 1 aliphatic carbocycles. The molecule has 0 fully saturated rings. The van der Waals surface area contributed by atoms with Crippen molar-refractivity contribution in [2.24, 2.45) is 0 Å². The topological polar surface area (TPSA) is 54.9 Å². The van der Waals surface area contributed by atoms with E-state index in [2.05, 4.69) is 48.2 Å². The van der Waals surface area contributed by atoms with Gasteiger partial charge in [-0.05, 0) is 38.0 Å². The third kappa shape index (κ3) is 2.19. The lowest BCUT2D eigenvalue weighted by molar-refractivity contribution is 0.104. The zero-order valence-corrected chi connectivity index (χ0v) is 13.8. The van der Waals surface area contributed by atoms with Crippen LogP contribution in [-0.4, -0.2) is 15.8 Å². The number of anilines is 1. The molecule has 0 bridgehead atoms. The fourth-order valence-electron chi connectivity index (χ4n) is 3.41. The summed E-state index contributed by atoms with van der Waals surface area (Å²) in [6, 6.07) is 10.1. The summed E-state index contributed by atoms with van der Waals surface area (Å²) in [6.07, 6.45) is 3.07. The molecule has 0 atom stereocenters. The van der Waals surface area contributed by atoms with Gasteiger partial charge in [-0.1, -0.05) is 29.8 Å². The Bertz CT molecular complexity index is 1010. The van der Waals surface area contributed by atoms with Gasteiger partial charge in [0.1, 0.15) is 12.0 Å². The summed E-state index contributed by atoms with van der Waals surface area (Å²) in [5.74, 6) is -0.0917. The molecule has 0 unspecified atom stereocenters. The minimum atomic E-state index is -0.0917. The van der Waals surface area contributed by atoms with Crippen LogP contribution < -0.4 is 5.32 Å². The van der Waals surface area contributed by atoms with Gasteiger partial charge in [-0.3, -0.25) is 4.79 Å². The molecule has 0 aliphatic heterocycles. The van der Waals surface area contributed by atoms with Crippen molar-refractivity contribution >= 4 is 28.1 Å². The van der Waals surface area contributed by atoms with Crippen molar-refractivity contribution in [2.45, 2.75) is 20.8 Å². The average Bonchev–Trinajstić information content (AvgIpc) is 2.55. The van der Waals surface area contributed by atoms with Gasteiger partial charge in [-0.15, -0.1) is 0 Å². The fourth-order valence-corrected chi connectivity index (χ4v) is 3.41. The molecule has 0 saturated heterocycles. The first-order chi connectivity index (χ1) is 11.5. The highest BCUT2D eigenvalue weighted by molar-refractivity contribution is 6.21. The van der Waals surface area contributed by atoms with Gasteiger partial charge < -0.3 is 5.32 Å². The van der Waals surface area contributed by atoms with Crippen LogP contribution in [0.5, 0.6) is 0 Å². The van der Waals surface area contributed by atoms with E-state index in [-0.39, 0.29) is 5.78 Å². The zero-order chi connectivity index (χ0) is 16.8. The summed E-state index contributed by atoms with van der Waals surface area (Å²) >= 11 is 0. The Balaban J connectivity index is 1.88. The van der Waals surface area contributed by atoms with E-state index >= 15 is 0 Å². The molecule has 0 amide bonds. The van der Waals surface area contributed by atoms with Crippen molar-refractivity contribution in [2.75, 3.05) is 5.32 Å². The maximum absolute atomic E-state index is 12.5. The molecule has 1 aliphatic rings. The lowest BCUT2D eigenvalue weighted by atomic mass is 9.95. The molecule has 2 aromatic carbocycles. The number of carbonyl (C=O) groups is 1. The number of nitrogens with one attached hydrogen (secondary N) is 1. The van der Waals surface area contributed by atoms with E-state index in [1.165, 1.54) is 11.9 Å². The number of hydrogen-bond acceptors (Lipinski definition) is 4. The summed E-state index contributed by atoms with van der Waals surface area (Å²) in [5, 5.41) is 4.28. The number of rotatable bonds is 2. The molecule has 1 N–H and O–H groups in total. The Labute approximate surface area is 140 Å². The number of aromatic nitrogens is 2. The number of hydrogen-bond donors (Lipinski definition) is 1. The van der Waals surface area contributed by atoms with Crippen LogP contribution in [0.15, 0.2) is 42.7 Å². The molecular formula is C20H17N3O. The predicted molar refractivity (Wildman–Crippen MR) is 96.1 cm³/mol. The SMILES string of the molecule is Cc1cc(C)c(NC2=CC(=O)c3ncnc4cccc2c34)c(C)c1. The Hall–Kier alpha value is -3.01. The zero-order valence-electron chi connectivity index (χ0n) is 13.8. The number of aryl methyl sites for hydroxylation is 3. The van der Waals surface area contributed by atoms with E-state index in [4.69, 9.17) is 0 Å². The van der Waals surface area contributed by atoms with E-state index in [9.17, 15) is 4.79 Å². The molecule has 4 heteroatoms. The summed E-state index contributed by atoms with van der Waals surface area (Å²) in [5.41, 5.74) is 7.59. The average molecular weight is 315 g/mol. The van der Waals surface area contributed by atoms with E-state index in [1.54, 1.807) is 6.08 Å². The van der Waals surface area contributed by atoms with Crippen molar-refractivity contribution in [1.29, 1.82) is 0 Å². The van der Waals surface area contributed by atoms with Crippen LogP contribution in [0.25, 0.3) is 16.6 Å². The highest BCUT2D eigenvalue weighted by Crippen LogP contribution is 2.33. The molecule has 4 rings (SSSR count). The van der Waals surface area contributed by atoms with Crippen molar-refractivity contribution < 1.29 is 4.79 Å². The first-order valence-corrected chi connectivity index (χ1v) is 7.89. The number of carbonyl (C=O) groups excluding carboxylic acids is 1. The highest BCUT2D eigenvalue weighted by atomic mass is 16.1. The van der Waals surface area contributed by atoms with E-state index < -0.39 is 0 Å². The van der Waals surface area contributed by atoms with E-state index in [1.807, 2.05) is 18.2 Å². The molecule has 3 aromatic rings. The number of nitrogens with zero attached hydrogens (tertiary/aromatic N) is 2. The molecule has 118 valence electrons. The summed E-state index contributed by atoms with van der Waals surface area (Å²) in [6.45, 7) is 6.23. The van der Waals surface area contributed by atoms with Crippen LogP contribution in [0.4, 0.5) is 5.69 Å². The Morgan fingerprint density at radius 2 is 1.75 bits per heavy atom. The summed E-state index contributed by atoms with van der Waals surface area (Å²) in [7, 11) is 0. The van der Waals surface area contributed by atoms with E-state index in [0.717, 1.165) is 39.0 Å². The molecule has 1 heterocycles. The molecule has 0 saturated carbocycles. The van der Waals surface area contributed by atoms with Gasteiger partial charge >= 0.3 is 0 Å². The maximum Gasteiger partial charge on any atom is 0.207 e. The Morgan fingerprint density at radius 3 is 2.50 bits per heavy atom. The largest absolute Gasteiger partial charge is 0.354 e. The molecule has 4 nitrogen and oxygen atoms in total. The van der Waals surface area contributed by atoms with Crippen LogP contribution in [-0.2, 0) is 0 Å². The van der Waals surface area contributed by atoms with Crippen molar-refractivity contribution in [3.8, 4) is 0 Å². The third-order valence-electron chi connectivity index (χ3n) is 4.40. The fraction of sp³-hybridized carbons (Fsp3) is 0.150. The van der Waals surface area contributed by atoms with Gasteiger partial charge in [0.05, 0.1) is 11.2 Å². The Morgan fingerprint density at radius 1 is 1.00 bits per heavy atom. The summed E-state index contributed by atoms with van der Waals surface area (Å²) in [4.78, 5) is 21.0. The number of allylic oxidation sites excluding steroid dienone is 1.